The zero-order valence-corrected chi connectivity index (χ0v) is 13.0. The van der Waals surface area contributed by atoms with E-state index >= 15 is 0 Å². The number of carbonyl (C=O) groups is 2. The standard InChI is InChI=1S/C13H19N3O4S/c1-10(17)15-11-4-6-12(7-5-11)21(19,20)16(3)9-8-13(18)14-2/h4-7H,8-9H2,1-3H3,(H,14,18)(H,15,17). The molecule has 0 spiro atoms. The summed E-state index contributed by atoms with van der Waals surface area (Å²) in [4.78, 5) is 22.2. The van der Waals surface area contributed by atoms with Crippen LogP contribution in [0.4, 0.5) is 5.69 Å². The third-order valence-corrected chi connectivity index (χ3v) is 4.69. The van der Waals surface area contributed by atoms with Gasteiger partial charge in [0.2, 0.25) is 21.8 Å². The highest BCUT2D eigenvalue weighted by molar-refractivity contribution is 7.89. The summed E-state index contributed by atoms with van der Waals surface area (Å²) in [6.07, 6.45) is 0.0935. The van der Waals surface area contributed by atoms with E-state index in [1.165, 1.54) is 45.3 Å². The van der Waals surface area contributed by atoms with E-state index < -0.39 is 10.0 Å². The lowest BCUT2D eigenvalue weighted by Crippen LogP contribution is -2.31. The molecule has 0 saturated heterocycles. The number of sulfonamides is 1. The van der Waals surface area contributed by atoms with Gasteiger partial charge in [0, 0.05) is 39.7 Å². The minimum Gasteiger partial charge on any atom is -0.359 e. The van der Waals surface area contributed by atoms with Crippen molar-refractivity contribution in [3.8, 4) is 0 Å². The molecule has 0 aliphatic carbocycles. The van der Waals surface area contributed by atoms with Gasteiger partial charge < -0.3 is 10.6 Å². The van der Waals surface area contributed by atoms with Crippen molar-refractivity contribution in [1.29, 1.82) is 0 Å². The maximum atomic E-state index is 12.3. The van der Waals surface area contributed by atoms with Gasteiger partial charge in [-0.1, -0.05) is 0 Å². The first-order valence-electron chi connectivity index (χ1n) is 6.32. The number of nitrogens with one attached hydrogen (secondary N) is 2. The zero-order chi connectivity index (χ0) is 16.0. The van der Waals surface area contributed by atoms with Crippen LogP contribution in [0.1, 0.15) is 13.3 Å². The lowest BCUT2D eigenvalue weighted by molar-refractivity contribution is -0.120. The monoisotopic (exact) mass is 313 g/mol. The van der Waals surface area contributed by atoms with E-state index in [1.54, 1.807) is 0 Å². The first-order chi connectivity index (χ1) is 9.77. The molecule has 0 aromatic heterocycles. The second-order valence-corrected chi connectivity index (χ2v) is 6.50. The van der Waals surface area contributed by atoms with Crippen LogP contribution in [0.5, 0.6) is 0 Å². The largest absolute Gasteiger partial charge is 0.359 e. The van der Waals surface area contributed by atoms with Crippen LogP contribution < -0.4 is 10.6 Å². The van der Waals surface area contributed by atoms with E-state index in [2.05, 4.69) is 10.6 Å². The van der Waals surface area contributed by atoms with Gasteiger partial charge >= 0.3 is 0 Å². The second kappa shape index (κ2) is 7.19. The predicted octanol–water partition coefficient (Wildman–Crippen LogP) is 0.402. The van der Waals surface area contributed by atoms with Crippen LogP contribution in [0.2, 0.25) is 0 Å². The Morgan fingerprint density at radius 3 is 2.24 bits per heavy atom. The molecule has 0 bridgehead atoms. The number of anilines is 1. The summed E-state index contributed by atoms with van der Waals surface area (Å²) in [7, 11) is -0.733. The summed E-state index contributed by atoms with van der Waals surface area (Å²) in [5.74, 6) is -0.452. The number of rotatable bonds is 6. The average molecular weight is 313 g/mol. The molecule has 1 aromatic rings. The van der Waals surface area contributed by atoms with Crippen LogP contribution in [0.25, 0.3) is 0 Å². The summed E-state index contributed by atoms with van der Waals surface area (Å²) < 4.78 is 25.7. The maximum absolute atomic E-state index is 12.3. The molecular formula is C13H19N3O4S. The Hall–Kier alpha value is -1.93. The number of nitrogens with zero attached hydrogens (tertiary/aromatic N) is 1. The highest BCUT2D eigenvalue weighted by Gasteiger charge is 2.21. The van der Waals surface area contributed by atoms with Gasteiger partial charge in [0.1, 0.15) is 0 Å². The Bertz CT molecular complexity index is 611. The molecule has 0 saturated carbocycles. The van der Waals surface area contributed by atoms with Gasteiger partial charge in [-0.15, -0.1) is 0 Å². The van der Waals surface area contributed by atoms with Crippen LogP contribution >= 0.6 is 0 Å². The summed E-state index contributed by atoms with van der Waals surface area (Å²) in [6.45, 7) is 1.46. The Morgan fingerprint density at radius 1 is 1.19 bits per heavy atom. The van der Waals surface area contributed by atoms with Gasteiger partial charge in [-0.05, 0) is 24.3 Å². The molecule has 1 aromatic carbocycles. The Balaban J connectivity index is 2.82. The number of benzene rings is 1. The van der Waals surface area contributed by atoms with E-state index in [-0.39, 0.29) is 29.7 Å². The fraction of sp³-hybridized carbons (Fsp3) is 0.385. The summed E-state index contributed by atoms with van der Waals surface area (Å²) >= 11 is 0. The summed E-state index contributed by atoms with van der Waals surface area (Å²) in [6, 6.07) is 5.86. The minimum absolute atomic E-state index is 0.0927. The molecule has 0 aliphatic rings. The zero-order valence-electron chi connectivity index (χ0n) is 12.2. The molecule has 0 fully saturated rings. The first-order valence-corrected chi connectivity index (χ1v) is 7.76. The normalized spacial score (nSPS) is 11.2. The molecule has 21 heavy (non-hydrogen) atoms. The van der Waals surface area contributed by atoms with E-state index in [1.807, 2.05) is 0 Å². The topological polar surface area (TPSA) is 95.6 Å². The molecule has 0 radical (unpaired) electrons. The smallest absolute Gasteiger partial charge is 0.242 e. The highest BCUT2D eigenvalue weighted by Crippen LogP contribution is 2.17. The molecule has 1 rings (SSSR count). The molecule has 0 atom stereocenters. The lowest BCUT2D eigenvalue weighted by Gasteiger charge is -2.17. The molecule has 7 nitrogen and oxygen atoms in total. The van der Waals surface area contributed by atoms with Crippen molar-refractivity contribution in [2.45, 2.75) is 18.2 Å². The molecule has 0 unspecified atom stereocenters. The van der Waals surface area contributed by atoms with Crippen molar-refractivity contribution < 1.29 is 18.0 Å². The van der Waals surface area contributed by atoms with E-state index in [9.17, 15) is 18.0 Å². The predicted molar refractivity (Wildman–Crippen MR) is 79.2 cm³/mol. The fourth-order valence-electron chi connectivity index (χ4n) is 1.60. The molecule has 116 valence electrons. The fourth-order valence-corrected chi connectivity index (χ4v) is 2.77. The summed E-state index contributed by atoms with van der Waals surface area (Å²) in [5.41, 5.74) is 0.523. The minimum atomic E-state index is -3.65. The van der Waals surface area contributed by atoms with E-state index in [0.717, 1.165) is 4.31 Å². The van der Waals surface area contributed by atoms with Crippen LogP contribution in [-0.2, 0) is 19.6 Å². The van der Waals surface area contributed by atoms with Gasteiger partial charge in [-0.3, -0.25) is 9.59 Å². The SMILES string of the molecule is CNC(=O)CCN(C)S(=O)(=O)c1ccc(NC(C)=O)cc1. The number of hydrogen-bond donors (Lipinski definition) is 2. The lowest BCUT2D eigenvalue weighted by atomic mass is 10.3. The Labute approximate surface area is 124 Å². The second-order valence-electron chi connectivity index (χ2n) is 4.46. The third-order valence-electron chi connectivity index (χ3n) is 2.82. The third kappa shape index (κ3) is 4.83. The van der Waals surface area contributed by atoms with Crippen molar-refractivity contribution in [2.24, 2.45) is 0 Å². The van der Waals surface area contributed by atoms with Crippen molar-refractivity contribution in [2.75, 3.05) is 26.0 Å². The summed E-state index contributed by atoms with van der Waals surface area (Å²) in [5, 5.41) is 5.00. The molecule has 0 aliphatic heterocycles. The van der Waals surface area contributed by atoms with E-state index in [0.29, 0.717) is 5.69 Å². The van der Waals surface area contributed by atoms with Gasteiger partial charge in [-0.2, -0.15) is 0 Å². The van der Waals surface area contributed by atoms with Crippen molar-refractivity contribution >= 4 is 27.5 Å². The van der Waals surface area contributed by atoms with Gasteiger partial charge in [0.05, 0.1) is 4.90 Å². The average Bonchev–Trinajstić information content (AvgIpc) is 2.44. The maximum Gasteiger partial charge on any atom is 0.242 e. The van der Waals surface area contributed by atoms with Gasteiger partial charge in [-0.25, -0.2) is 12.7 Å². The number of carbonyl (C=O) groups excluding carboxylic acids is 2. The Kier molecular flexibility index (Phi) is 5.86. The first kappa shape index (κ1) is 17.1. The van der Waals surface area contributed by atoms with Gasteiger partial charge in [0.25, 0.3) is 0 Å². The van der Waals surface area contributed by atoms with Crippen molar-refractivity contribution in [1.82, 2.24) is 9.62 Å². The number of hydrogen-bond acceptors (Lipinski definition) is 4. The highest BCUT2D eigenvalue weighted by atomic mass is 32.2. The van der Waals surface area contributed by atoms with E-state index in [4.69, 9.17) is 0 Å². The van der Waals surface area contributed by atoms with Crippen molar-refractivity contribution in [3.63, 3.8) is 0 Å². The quantitative estimate of drug-likeness (QED) is 0.794. The van der Waals surface area contributed by atoms with Crippen molar-refractivity contribution in [3.05, 3.63) is 24.3 Å². The Morgan fingerprint density at radius 2 is 1.76 bits per heavy atom. The van der Waals surface area contributed by atoms with Crippen LogP contribution in [0.15, 0.2) is 29.2 Å². The number of amides is 2. The molecule has 0 heterocycles. The van der Waals surface area contributed by atoms with Gasteiger partial charge in [0.15, 0.2) is 0 Å². The van der Waals surface area contributed by atoms with Crippen LogP contribution in [0, 0.1) is 0 Å². The molecule has 2 amide bonds. The van der Waals surface area contributed by atoms with Crippen LogP contribution in [-0.4, -0.2) is 45.2 Å². The molecule has 2 N–H and O–H groups in total. The van der Waals surface area contributed by atoms with Crippen LogP contribution in [0.3, 0.4) is 0 Å². The molecule has 8 heteroatoms. The molecular weight excluding hydrogens is 294 g/mol.